The van der Waals surface area contributed by atoms with Crippen molar-refractivity contribution in [3.63, 3.8) is 0 Å². The second-order valence-corrected chi connectivity index (χ2v) is 6.16. The third-order valence-corrected chi connectivity index (χ3v) is 4.70. The Morgan fingerprint density at radius 1 is 1.14 bits per heavy atom. The molecule has 0 spiro atoms. The summed E-state index contributed by atoms with van der Waals surface area (Å²) in [5.41, 5.74) is 2.64. The van der Waals surface area contributed by atoms with Crippen molar-refractivity contribution in [2.24, 2.45) is 0 Å². The monoisotopic (exact) mass is 286 g/mol. The van der Waals surface area contributed by atoms with Crippen LogP contribution >= 0.6 is 0 Å². The maximum absolute atomic E-state index is 13.9. The SMILES string of the molecule is Cc1cc2nc(F)nc3c2c(n1)CCC1CCCCCN31. The van der Waals surface area contributed by atoms with Crippen molar-refractivity contribution < 1.29 is 4.39 Å². The number of fused-ring (bicyclic) bond motifs is 2. The summed E-state index contributed by atoms with van der Waals surface area (Å²) in [6.07, 6.45) is 6.20. The molecule has 110 valence electrons. The molecule has 1 saturated heterocycles. The predicted molar refractivity (Wildman–Crippen MR) is 80.0 cm³/mol. The van der Waals surface area contributed by atoms with Crippen LogP contribution < -0.4 is 4.90 Å². The largest absolute Gasteiger partial charge is 0.353 e. The van der Waals surface area contributed by atoms with Gasteiger partial charge in [-0.25, -0.2) is 4.98 Å². The topological polar surface area (TPSA) is 41.9 Å². The van der Waals surface area contributed by atoms with E-state index in [1.54, 1.807) is 0 Å². The van der Waals surface area contributed by atoms with Gasteiger partial charge < -0.3 is 4.90 Å². The van der Waals surface area contributed by atoms with E-state index >= 15 is 0 Å². The summed E-state index contributed by atoms with van der Waals surface area (Å²) < 4.78 is 13.9. The highest BCUT2D eigenvalue weighted by atomic mass is 19.1. The molecule has 1 unspecified atom stereocenters. The van der Waals surface area contributed by atoms with Crippen LogP contribution in [-0.2, 0) is 6.42 Å². The Morgan fingerprint density at radius 3 is 2.95 bits per heavy atom. The molecular formula is C16H19FN4. The highest BCUT2D eigenvalue weighted by Crippen LogP contribution is 2.35. The fourth-order valence-corrected chi connectivity index (χ4v) is 3.77. The number of anilines is 1. The molecule has 0 radical (unpaired) electrons. The smallest absolute Gasteiger partial charge is 0.311 e. The fraction of sp³-hybridized carbons (Fsp3) is 0.562. The molecule has 0 bridgehead atoms. The molecule has 1 fully saturated rings. The summed E-state index contributed by atoms with van der Waals surface area (Å²) in [5.74, 6) is 0.768. The van der Waals surface area contributed by atoms with Crippen LogP contribution in [0.5, 0.6) is 0 Å². The van der Waals surface area contributed by atoms with Crippen molar-refractivity contribution in [2.45, 2.75) is 51.5 Å². The lowest BCUT2D eigenvalue weighted by molar-refractivity contribution is 0.519. The molecule has 0 aliphatic carbocycles. The fourth-order valence-electron chi connectivity index (χ4n) is 3.77. The van der Waals surface area contributed by atoms with E-state index in [1.165, 1.54) is 19.3 Å². The van der Waals surface area contributed by atoms with E-state index < -0.39 is 6.08 Å². The molecule has 0 N–H and O–H groups in total. The first-order valence-electron chi connectivity index (χ1n) is 7.83. The molecular weight excluding hydrogens is 267 g/mol. The number of aryl methyl sites for hydroxylation is 2. The number of aromatic nitrogens is 3. The van der Waals surface area contributed by atoms with E-state index in [0.717, 1.165) is 48.4 Å². The van der Waals surface area contributed by atoms with Gasteiger partial charge in [0.2, 0.25) is 0 Å². The standard InChI is InChI=1S/C16H19FN4/c1-10-9-13-14-12(18-10)7-6-11-5-3-2-4-8-21(11)15(14)20-16(17)19-13/h9,11H,2-8H2,1H3. The molecule has 2 aromatic heterocycles. The van der Waals surface area contributed by atoms with Crippen LogP contribution in [0.1, 0.15) is 43.5 Å². The molecule has 5 heteroatoms. The Morgan fingerprint density at radius 2 is 2.05 bits per heavy atom. The minimum atomic E-state index is -0.626. The van der Waals surface area contributed by atoms with Gasteiger partial charge in [-0.2, -0.15) is 9.37 Å². The molecule has 4 rings (SSSR count). The minimum Gasteiger partial charge on any atom is -0.353 e. The molecule has 21 heavy (non-hydrogen) atoms. The van der Waals surface area contributed by atoms with Gasteiger partial charge in [0.25, 0.3) is 0 Å². The zero-order valence-electron chi connectivity index (χ0n) is 12.3. The number of pyridine rings is 1. The van der Waals surface area contributed by atoms with Crippen LogP contribution in [0.3, 0.4) is 0 Å². The van der Waals surface area contributed by atoms with E-state index in [1.807, 2.05) is 13.0 Å². The summed E-state index contributed by atoms with van der Waals surface area (Å²) in [7, 11) is 0. The Bertz CT molecular complexity index is 695. The molecule has 2 aliphatic heterocycles. The van der Waals surface area contributed by atoms with Crippen molar-refractivity contribution in [1.29, 1.82) is 0 Å². The van der Waals surface area contributed by atoms with Gasteiger partial charge in [0.1, 0.15) is 5.82 Å². The number of rotatable bonds is 0. The number of halogens is 1. The van der Waals surface area contributed by atoms with E-state index in [-0.39, 0.29) is 0 Å². The maximum atomic E-state index is 13.9. The molecule has 0 saturated carbocycles. The van der Waals surface area contributed by atoms with Crippen LogP contribution in [0.25, 0.3) is 10.9 Å². The Hall–Kier alpha value is -1.78. The van der Waals surface area contributed by atoms with E-state index in [0.29, 0.717) is 11.6 Å². The van der Waals surface area contributed by atoms with Crippen molar-refractivity contribution in [3.8, 4) is 0 Å². The molecule has 4 nitrogen and oxygen atoms in total. The molecule has 2 aromatic rings. The molecule has 0 amide bonds. The first-order valence-corrected chi connectivity index (χ1v) is 7.83. The van der Waals surface area contributed by atoms with E-state index in [2.05, 4.69) is 19.9 Å². The van der Waals surface area contributed by atoms with Crippen LogP contribution in [0.4, 0.5) is 10.2 Å². The van der Waals surface area contributed by atoms with Crippen LogP contribution in [0.2, 0.25) is 0 Å². The van der Waals surface area contributed by atoms with E-state index in [9.17, 15) is 4.39 Å². The zero-order chi connectivity index (χ0) is 14.4. The second-order valence-electron chi connectivity index (χ2n) is 6.16. The van der Waals surface area contributed by atoms with Gasteiger partial charge >= 0.3 is 6.08 Å². The maximum Gasteiger partial charge on any atom is 0.311 e. The lowest BCUT2D eigenvalue weighted by atomic mass is 10.0. The Kier molecular flexibility index (Phi) is 3.01. The third-order valence-electron chi connectivity index (χ3n) is 4.70. The van der Waals surface area contributed by atoms with Crippen LogP contribution in [0, 0.1) is 13.0 Å². The van der Waals surface area contributed by atoms with Crippen LogP contribution in [0.15, 0.2) is 6.07 Å². The van der Waals surface area contributed by atoms with Gasteiger partial charge in [0.05, 0.1) is 16.6 Å². The molecule has 0 aromatic carbocycles. The van der Waals surface area contributed by atoms with Gasteiger partial charge in [-0.1, -0.05) is 12.8 Å². The summed E-state index contributed by atoms with van der Waals surface area (Å²) in [6.45, 7) is 2.91. The summed E-state index contributed by atoms with van der Waals surface area (Å²) >= 11 is 0. The lowest BCUT2D eigenvalue weighted by Crippen LogP contribution is -2.35. The summed E-state index contributed by atoms with van der Waals surface area (Å²) in [4.78, 5) is 15.1. The first-order chi connectivity index (χ1) is 10.2. The number of nitrogens with zero attached hydrogens (tertiary/aromatic N) is 4. The van der Waals surface area contributed by atoms with Crippen molar-refractivity contribution in [3.05, 3.63) is 23.5 Å². The number of hydrogen-bond acceptors (Lipinski definition) is 4. The van der Waals surface area contributed by atoms with Gasteiger partial charge in [0.15, 0.2) is 0 Å². The Labute approximate surface area is 123 Å². The first kappa shape index (κ1) is 12.9. The highest BCUT2D eigenvalue weighted by Gasteiger charge is 2.29. The quantitative estimate of drug-likeness (QED) is 0.698. The predicted octanol–water partition coefficient (Wildman–Crippen LogP) is 3.17. The Balaban J connectivity index is 1.98. The van der Waals surface area contributed by atoms with Crippen LogP contribution in [-0.4, -0.2) is 27.5 Å². The molecule has 4 heterocycles. The van der Waals surface area contributed by atoms with E-state index in [4.69, 9.17) is 0 Å². The van der Waals surface area contributed by atoms with Crippen molar-refractivity contribution >= 4 is 16.7 Å². The highest BCUT2D eigenvalue weighted by molar-refractivity contribution is 5.92. The molecule has 2 aliphatic rings. The van der Waals surface area contributed by atoms with Gasteiger partial charge in [-0.3, -0.25) is 4.98 Å². The van der Waals surface area contributed by atoms with Crippen molar-refractivity contribution in [1.82, 2.24) is 15.0 Å². The zero-order valence-corrected chi connectivity index (χ0v) is 12.3. The van der Waals surface area contributed by atoms with Crippen molar-refractivity contribution in [2.75, 3.05) is 11.4 Å². The normalized spacial score (nSPS) is 21.8. The minimum absolute atomic E-state index is 0.458. The molecule has 1 atom stereocenters. The lowest BCUT2D eigenvalue weighted by Gasteiger charge is -2.29. The average Bonchev–Trinajstić information content (AvgIpc) is 2.74. The summed E-state index contributed by atoms with van der Waals surface area (Å²) in [6, 6.07) is 2.32. The van der Waals surface area contributed by atoms with Gasteiger partial charge in [-0.15, -0.1) is 0 Å². The van der Waals surface area contributed by atoms with Gasteiger partial charge in [0, 0.05) is 18.3 Å². The average molecular weight is 286 g/mol. The summed E-state index contributed by atoms with van der Waals surface area (Å²) in [5, 5.41) is 0.964. The van der Waals surface area contributed by atoms with Gasteiger partial charge in [-0.05, 0) is 38.7 Å². The third kappa shape index (κ3) is 2.15. The number of hydrogen-bond donors (Lipinski definition) is 0. The second kappa shape index (κ2) is 4.90.